The summed E-state index contributed by atoms with van der Waals surface area (Å²) in [6.07, 6.45) is 3.26. The number of imide groups is 2. The second-order valence-electron chi connectivity index (χ2n) is 20.0. The largest absolute Gasteiger partial charge is 0.496 e. The number of carbonyl (C=O) groups is 5. The fraction of sp³-hybridized carbons (Fsp3) is 0.520. The van der Waals surface area contributed by atoms with E-state index in [0.29, 0.717) is 29.5 Å². The summed E-state index contributed by atoms with van der Waals surface area (Å²) in [7, 11) is 1.42. The molecule has 0 aromatic heterocycles. The van der Waals surface area contributed by atoms with E-state index in [0.717, 1.165) is 79.3 Å². The Balaban J connectivity index is 0.758. The SMILES string of the molecule is COc1cc(OC2CC(N3CCOC4(CCN(c5ccc(C(=O)NC6C(C)(C)C(Oc7cc(C)c(C#N)c(C)c7)C6(C)C)cc5)CC4)C3)C2)cc2c1C(=O)N([C@@H]1CCC(=O)NC1=O)C2=O. The van der Waals surface area contributed by atoms with Gasteiger partial charge in [0.05, 0.1) is 42.1 Å². The third-order valence-electron chi connectivity index (χ3n) is 15.0. The summed E-state index contributed by atoms with van der Waals surface area (Å²) < 4.78 is 25.0. The van der Waals surface area contributed by atoms with Crippen LogP contribution in [0.4, 0.5) is 5.69 Å². The lowest BCUT2D eigenvalue weighted by Gasteiger charge is -2.63. The van der Waals surface area contributed by atoms with Crippen LogP contribution < -0.4 is 29.7 Å². The summed E-state index contributed by atoms with van der Waals surface area (Å²) in [6.45, 7) is 16.4. The predicted octanol–water partition coefficient (Wildman–Crippen LogP) is 5.48. The first-order valence-corrected chi connectivity index (χ1v) is 22.7. The van der Waals surface area contributed by atoms with Crippen LogP contribution in [0.5, 0.6) is 17.2 Å². The lowest BCUT2D eigenvalue weighted by molar-refractivity contribution is -0.164. The number of carbonyl (C=O) groups excluding carboxylic acids is 5. The Hall–Kier alpha value is -5.98. The van der Waals surface area contributed by atoms with Gasteiger partial charge in [-0.2, -0.15) is 5.26 Å². The molecule has 2 saturated carbocycles. The topological polar surface area (TPSA) is 180 Å². The highest BCUT2D eigenvalue weighted by Gasteiger charge is 2.64. The van der Waals surface area contributed by atoms with Gasteiger partial charge in [0.25, 0.3) is 17.7 Å². The number of benzene rings is 3. The third kappa shape index (κ3) is 7.78. The van der Waals surface area contributed by atoms with E-state index in [9.17, 15) is 29.2 Å². The molecule has 5 amide bonds. The van der Waals surface area contributed by atoms with Crippen molar-refractivity contribution in [2.24, 2.45) is 10.8 Å². The Kier molecular flexibility index (Phi) is 11.2. The van der Waals surface area contributed by atoms with E-state index >= 15 is 0 Å². The summed E-state index contributed by atoms with van der Waals surface area (Å²) in [5, 5.41) is 15.1. The Morgan fingerprint density at radius 3 is 2.18 bits per heavy atom. The van der Waals surface area contributed by atoms with Gasteiger partial charge in [-0.05, 0) is 86.7 Å². The normalized spacial score (nSPS) is 26.6. The molecule has 2 N–H and O–H groups in total. The van der Waals surface area contributed by atoms with Crippen LogP contribution in [0.25, 0.3) is 0 Å². The molecule has 0 bridgehead atoms. The molecule has 6 aliphatic rings. The van der Waals surface area contributed by atoms with Gasteiger partial charge >= 0.3 is 0 Å². The summed E-state index contributed by atoms with van der Waals surface area (Å²) >= 11 is 0. The van der Waals surface area contributed by atoms with E-state index in [1.165, 1.54) is 7.11 Å². The van der Waals surface area contributed by atoms with Crippen molar-refractivity contribution >= 4 is 35.2 Å². The minimum absolute atomic E-state index is 0.0415. The zero-order valence-corrected chi connectivity index (χ0v) is 38.2. The first-order valence-electron chi connectivity index (χ1n) is 22.7. The molecule has 3 aromatic rings. The molecule has 9 rings (SSSR count). The Bertz CT molecular complexity index is 2460. The van der Waals surface area contributed by atoms with Crippen molar-refractivity contribution in [3.8, 4) is 23.3 Å². The number of methoxy groups -OCH3 is 1. The van der Waals surface area contributed by atoms with Crippen LogP contribution in [-0.4, -0.2) is 115 Å². The summed E-state index contributed by atoms with van der Waals surface area (Å²) in [5.74, 6) is -1.07. The van der Waals surface area contributed by atoms with Crippen LogP contribution in [0, 0.1) is 36.0 Å². The maximum Gasteiger partial charge on any atom is 0.266 e. The molecule has 3 aromatic carbocycles. The number of nitriles is 1. The minimum atomic E-state index is -1.07. The average Bonchev–Trinajstić information content (AvgIpc) is 3.50. The molecule has 1 atom stereocenters. The fourth-order valence-corrected chi connectivity index (χ4v) is 11.7. The molecule has 2 aliphatic carbocycles. The standard InChI is InChI=1S/C50H58N6O9/c1-28-20-33(21-29(2)37(28)26-51)65-47-48(3,4)46(49(47,5)6)53-42(58)30-8-10-31(11-9-30)54-16-14-50(15-17-54)27-55(18-19-63-50)32-22-34(23-32)64-35-24-36-41(39(25-35)62-7)45(61)56(44(36)60)38-12-13-40(57)52-43(38)59/h8-11,20-21,24-25,32,34,38,46-47H,12-19,22-23,27H2,1-7H3,(H,53,58)(H,52,57,59)/t32?,34?,38-,46?,47?/m1/s1. The molecule has 0 unspecified atom stereocenters. The van der Waals surface area contributed by atoms with Crippen LogP contribution in [-0.2, 0) is 14.3 Å². The van der Waals surface area contributed by atoms with Crippen molar-refractivity contribution < 1.29 is 42.9 Å². The molecule has 342 valence electrons. The van der Waals surface area contributed by atoms with Crippen molar-refractivity contribution in [1.29, 1.82) is 5.26 Å². The van der Waals surface area contributed by atoms with Crippen LogP contribution in [0.15, 0.2) is 48.5 Å². The van der Waals surface area contributed by atoms with E-state index < -0.39 is 29.7 Å². The molecule has 0 radical (unpaired) electrons. The van der Waals surface area contributed by atoms with E-state index in [2.05, 4.69) is 54.2 Å². The van der Waals surface area contributed by atoms with Gasteiger partial charge in [-0.3, -0.25) is 39.1 Å². The smallest absolute Gasteiger partial charge is 0.266 e. The lowest BCUT2D eigenvalue weighted by Crippen LogP contribution is -2.74. The van der Waals surface area contributed by atoms with Crippen LogP contribution in [0.1, 0.15) is 114 Å². The highest BCUT2D eigenvalue weighted by Crippen LogP contribution is 2.56. The van der Waals surface area contributed by atoms with Gasteiger partial charge in [0.15, 0.2) is 0 Å². The summed E-state index contributed by atoms with van der Waals surface area (Å²) in [4.78, 5) is 70.7. The summed E-state index contributed by atoms with van der Waals surface area (Å²) in [6, 6.07) is 16.3. The number of fused-ring (bicyclic) bond motifs is 1. The number of nitrogens with one attached hydrogen (secondary N) is 2. The number of ether oxygens (including phenoxy) is 4. The number of aryl methyl sites for hydroxylation is 2. The molecule has 3 saturated heterocycles. The maximum atomic E-state index is 13.7. The van der Waals surface area contributed by atoms with Gasteiger partial charge in [-0.25, -0.2) is 0 Å². The quantitative estimate of drug-likeness (QED) is 0.246. The number of morpholine rings is 1. The minimum Gasteiger partial charge on any atom is -0.496 e. The first-order chi connectivity index (χ1) is 30.9. The highest BCUT2D eigenvalue weighted by atomic mass is 16.5. The summed E-state index contributed by atoms with van der Waals surface area (Å²) in [5.41, 5.74) is 3.45. The second-order valence-corrected chi connectivity index (χ2v) is 20.0. The predicted molar refractivity (Wildman–Crippen MR) is 239 cm³/mol. The molecular formula is C50H58N6O9. The molecule has 15 heteroatoms. The van der Waals surface area contributed by atoms with Crippen LogP contribution in [0.2, 0.25) is 0 Å². The monoisotopic (exact) mass is 886 g/mol. The van der Waals surface area contributed by atoms with Crippen molar-refractivity contribution in [3.63, 3.8) is 0 Å². The zero-order valence-electron chi connectivity index (χ0n) is 38.2. The van der Waals surface area contributed by atoms with E-state index in [4.69, 9.17) is 18.9 Å². The second kappa shape index (κ2) is 16.5. The average molecular weight is 887 g/mol. The van der Waals surface area contributed by atoms with Gasteiger partial charge in [0.2, 0.25) is 11.8 Å². The van der Waals surface area contributed by atoms with E-state index in [-0.39, 0.29) is 70.3 Å². The van der Waals surface area contributed by atoms with Gasteiger partial charge in [-0.1, -0.05) is 27.7 Å². The van der Waals surface area contributed by atoms with E-state index in [1.54, 1.807) is 12.1 Å². The third-order valence-corrected chi connectivity index (χ3v) is 15.0. The Morgan fingerprint density at radius 1 is 0.892 bits per heavy atom. The molecule has 65 heavy (non-hydrogen) atoms. The fourth-order valence-electron chi connectivity index (χ4n) is 11.7. The molecule has 5 fully saturated rings. The highest BCUT2D eigenvalue weighted by molar-refractivity contribution is 6.24. The van der Waals surface area contributed by atoms with Crippen molar-refractivity contribution in [2.45, 2.75) is 116 Å². The number of hydrogen-bond donors (Lipinski definition) is 2. The van der Waals surface area contributed by atoms with Crippen LogP contribution >= 0.6 is 0 Å². The van der Waals surface area contributed by atoms with Crippen LogP contribution in [0.3, 0.4) is 0 Å². The van der Waals surface area contributed by atoms with Crippen molar-refractivity contribution in [3.05, 3.63) is 81.9 Å². The van der Waals surface area contributed by atoms with Gasteiger partial charge in [0, 0.05) is 85.7 Å². The maximum absolute atomic E-state index is 13.7. The van der Waals surface area contributed by atoms with Crippen molar-refractivity contribution in [1.82, 2.24) is 20.4 Å². The zero-order chi connectivity index (χ0) is 46.2. The molecule has 1 spiro atoms. The molecule has 15 nitrogen and oxygen atoms in total. The van der Waals surface area contributed by atoms with Gasteiger partial charge in [-0.15, -0.1) is 0 Å². The number of amides is 5. The Morgan fingerprint density at radius 2 is 1.55 bits per heavy atom. The number of rotatable bonds is 10. The van der Waals surface area contributed by atoms with Gasteiger partial charge < -0.3 is 29.2 Å². The lowest BCUT2D eigenvalue weighted by atomic mass is 9.49. The molecular weight excluding hydrogens is 829 g/mol. The number of piperidine rings is 2. The number of nitrogens with zero attached hydrogens (tertiary/aromatic N) is 4. The molecule has 4 aliphatic heterocycles. The van der Waals surface area contributed by atoms with E-state index in [1.807, 2.05) is 50.2 Å². The number of anilines is 1. The molecule has 4 heterocycles. The number of hydrogen-bond acceptors (Lipinski definition) is 12. The first kappa shape index (κ1) is 44.2. The van der Waals surface area contributed by atoms with Gasteiger partial charge in [0.1, 0.15) is 35.5 Å². The Labute approximate surface area is 379 Å². The van der Waals surface area contributed by atoms with Crippen molar-refractivity contribution in [2.75, 3.05) is 44.8 Å².